The highest BCUT2D eigenvalue weighted by molar-refractivity contribution is 7.86. The van der Waals surface area contributed by atoms with Gasteiger partial charge in [-0.25, -0.2) is 26.8 Å². The Labute approximate surface area is 459 Å². The number of nitrogens with zero attached hydrogens (tertiary/aromatic N) is 8. The van der Waals surface area contributed by atoms with Crippen molar-refractivity contribution in [3.63, 3.8) is 0 Å². The lowest BCUT2D eigenvalue weighted by atomic mass is 10.1. The van der Waals surface area contributed by atoms with E-state index in [9.17, 15) is 25.9 Å². The number of pyridine rings is 4. The number of rotatable bonds is 11. The summed E-state index contributed by atoms with van der Waals surface area (Å²) in [5.41, 5.74) is 17.7. The first-order chi connectivity index (χ1) is 36.8. The molecule has 0 atom stereocenters. The molecule has 0 spiro atoms. The molecule has 1 N–H and O–H groups in total. The smallest absolute Gasteiger partial charge is 0.212 e. The van der Waals surface area contributed by atoms with E-state index in [0.29, 0.717) is 0 Å². The summed E-state index contributed by atoms with van der Waals surface area (Å²) in [4.78, 5) is 13.3. The predicted molar refractivity (Wildman–Crippen MR) is 313 cm³/mol. The Morgan fingerprint density at radius 2 is 0.962 bits per heavy atom. The van der Waals surface area contributed by atoms with E-state index in [-0.39, 0.29) is 4.90 Å². The molecule has 15 nitrogen and oxygen atoms in total. The van der Waals surface area contributed by atoms with E-state index in [1.807, 2.05) is 31.5 Å². The van der Waals surface area contributed by atoms with Gasteiger partial charge in [0.15, 0.2) is 0 Å². The average molecular weight is 1090 g/mol. The minimum absolute atomic E-state index is 0.178. The molecule has 6 heterocycles. The van der Waals surface area contributed by atoms with Gasteiger partial charge < -0.3 is 33.1 Å². The molecule has 9 rings (SSSR count). The van der Waals surface area contributed by atoms with Gasteiger partial charge >= 0.3 is 0 Å². The average Bonchev–Trinajstić information content (AvgIpc) is 3.85. The summed E-state index contributed by atoms with van der Waals surface area (Å²) in [6, 6.07) is 40.3. The molecular formula is C61H70N8O7S2. The van der Waals surface area contributed by atoms with Crippen molar-refractivity contribution in [3.8, 4) is 11.6 Å². The highest BCUT2D eigenvalue weighted by atomic mass is 32.2. The fourth-order valence-electron chi connectivity index (χ4n) is 8.86. The molecule has 0 radical (unpaired) electrons. The van der Waals surface area contributed by atoms with E-state index >= 15 is 0 Å². The second-order valence-electron chi connectivity index (χ2n) is 19.4. The fraction of sp³-hybridized carbons (Fsp3) is 0.246. The lowest BCUT2D eigenvalue weighted by molar-refractivity contribution is -0.646. The second-order valence-corrected chi connectivity index (χ2v) is 22.3. The van der Waals surface area contributed by atoms with Crippen molar-refractivity contribution in [1.82, 2.24) is 19.1 Å². The zero-order valence-corrected chi connectivity index (χ0v) is 48.3. The van der Waals surface area contributed by atoms with Crippen LogP contribution in [0.15, 0.2) is 139 Å². The van der Waals surface area contributed by atoms with Gasteiger partial charge in [-0.1, -0.05) is 29.8 Å². The van der Waals surface area contributed by atoms with Crippen LogP contribution in [0.25, 0.3) is 57.7 Å². The van der Waals surface area contributed by atoms with Gasteiger partial charge in [-0.15, -0.1) is 0 Å². The first kappa shape index (κ1) is 59.4. The Morgan fingerprint density at radius 3 is 1.29 bits per heavy atom. The molecule has 0 bridgehead atoms. The number of benzene rings is 3. The molecule has 0 unspecified atom stereocenters. The summed E-state index contributed by atoms with van der Waals surface area (Å²) in [5, 5.41) is 10.3. The van der Waals surface area contributed by atoms with Crippen LogP contribution in [0, 0.1) is 48.5 Å². The molecule has 0 fully saturated rings. The maximum absolute atomic E-state index is 10.4. The van der Waals surface area contributed by atoms with E-state index in [0.717, 1.165) is 17.2 Å². The van der Waals surface area contributed by atoms with Gasteiger partial charge in [-0.3, -0.25) is 0 Å². The molecular weight excluding hydrogens is 1020 g/mol. The molecule has 0 aliphatic carbocycles. The zero-order chi connectivity index (χ0) is 57.2. The minimum Gasteiger partial charge on any atom is -0.748 e. The van der Waals surface area contributed by atoms with Crippen LogP contribution in [0.5, 0.6) is 0 Å². The quantitative estimate of drug-likeness (QED) is 0.0961. The van der Waals surface area contributed by atoms with E-state index in [1.165, 1.54) is 102 Å². The summed E-state index contributed by atoms with van der Waals surface area (Å²) in [7, 11) is 4.08. The number of hydrogen-bond donors (Lipinski definition) is 1. The molecule has 0 saturated heterocycles. The van der Waals surface area contributed by atoms with Crippen LogP contribution in [-0.4, -0.2) is 90.7 Å². The SMILES string of the molecule is Cc1ccc(S(=O)(=O)[O-])cc1.Cc1cccnc1-n1c(C)cc(/C=C/c2ccc3cc(N(C)C)ccc3[n+]2C)c1C.Cc1cccnc1-n1c(C)cc(/C=C/c2ccc3cc(N(C)C)ccc3[n+]2C)c1C.O=S(=O)([O-])CCO. The van der Waals surface area contributed by atoms with Gasteiger partial charge in [-0.2, -0.15) is 9.13 Å². The summed E-state index contributed by atoms with van der Waals surface area (Å²) < 4.78 is 68.7. The topological polar surface area (TPSA) is 185 Å². The monoisotopic (exact) mass is 1090 g/mol. The van der Waals surface area contributed by atoms with Crippen molar-refractivity contribution >= 4 is 77.7 Å². The first-order valence-corrected chi connectivity index (χ1v) is 28.1. The number of fused-ring (bicyclic) bond motifs is 2. The van der Waals surface area contributed by atoms with Gasteiger partial charge in [-0.05, 0) is 156 Å². The molecule has 408 valence electrons. The van der Waals surface area contributed by atoms with Crippen molar-refractivity contribution in [2.24, 2.45) is 14.1 Å². The Kier molecular flexibility index (Phi) is 19.5. The Hall–Kier alpha value is -7.80. The molecule has 17 heteroatoms. The third-order valence-corrected chi connectivity index (χ3v) is 14.8. The summed E-state index contributed by atoms with van der Waals surface area (Å²) in [6.45, 7) is 14.0. The maximum Gasteiger partial charge on any atom is 0.212 e. The standard InChI is InChI=1S/2C26H29N4.C7H8O3S.C2H6O4S/c2*1-18-8-7-15-27-26(18)30-19(2)16-21(20(30)3)9-11-23-12-10-22-17-24(28(4)5)13-14-25(22)29(23)6;1-6-2-4-7(5-3-6)11(8,9)10;3-1-2-7(4,5)6/h2*7-17H,1-6H3;2-5H,1H3,(H,8,9,10);3H,1-2H2,(H,4,5,6)/q2*+1;;/p-2. The highest BCUT2D eigenvalue weighted by Crippen LogP contribution is 2.26. The number of aliphatic hydroxyl groups is 1. The van der Waals surface area contributed by atoms with Crippen molar-refractivity contribution in [1.29, 1.82) is 0 Å². The molecule has 0 amide bonds. The van der Waals surface area contributed by atoms with E-state index in [1.54, 1.807) is 12.1 Å². The van der Waals surface area contributed by atoms with Crippen LogP contribution in [-0.2, 0) is 34.3 Å². The van der Waals surface area contributed by atoms with Crippen molar-refractivity contribution < 1.29 is 40.2 Å². The van der Waals surface area contributed by atoms with E-state index in [4.69, 9.17) is 5.11 Å². The third-order valence-electron chi connectivity index (χ3n) is 13.3. The van der Waals surface area contributed by atoms with E-state index < -0.39 is 32.6 Å². The molecule has 0 aliphatic rings. The largest absolute Gasteiger partial charge is 0.748 e. The summed E-state index contributed by atoms with van der Waals surface area (Å²) in [6.07, 6.45) is 12.5. The minimum atomic E-state index is -4.27. The van der Waals surface area contributed by atoms with Gasteiger partial charge in [0.2, 0.25) is 22.4 Å². The normalized spacial score (nSPS) is 11.5. The van der Waals surface area contributed by atoms with Crippen molar-refractivity contribution in [2.45, 2.75) is 53.4 Å². The number of aryl methyl sites for hydroxylation is 7. The van der Waals surface area contributed by atoms with Crippen LogP contribution in [0.2, 0.25) is 0 Å². The fourth-order valence-corrected chi connectivity index (χ4v) is 9.55. The first-order valence-electron chi connectivity index (χ1n) is 25.1. The second kappa shape index (κ2) is 25.6. The number of aromatic nitrogens is 6. The van der Waals surface area contributed by atoms with Crippen molar-refractivity contribution in [2.75, 3.05) is 50.4 Å². The van der Waals surface area contributed by atoms with Crippen LogP contribution in [0.1, 0.15) is 62.0 Å². The predicted octanol–water partition coefficient (Wildman–Crippen LogP) is 9.45. The number of anilines is 2. The zero-order valence-electron chi connectivity index (χ0n) is 46.7. The molecule has 78 heavy (non-hydrogen) atoms. The highest BCUT2D eigenvalue weighted by Gasteiger charge is 2.16. The van der Waals surface area contributed by atoms with Crippen LogP contribution >= 0.6 is 0 Å². The lowest BCUT2D eigenvalue weighted by Gasteiger charge is -2.12. The van der Waals surface area contributed by atoms with Crippen LogP contribution in [0.3, 0.4) is 0 Å². The molecule has 0 saturated carbocycles. The number of aliphatic hydroxyl groups excluding tert-OH is 1. The van der Waals surface area contributed by atoms with Gasteiger partial charge in [0.05, 0.1) is 27.4 Å². The van der Waals surface area contributed by atoms with Crippen LogP contribution < -0.4 is 18.9 Å². The van der Waals surface area contributed by atoms with Gasteiger partial charge in [0, 0.05) is 122 Å². The van der Waals surface area contributed by atoms with E-state index in [2.05, 4.69) is 231 Å². The molecule has 0 aliphatic heterocycles. The molecule has 9 aromatic rings. The Morgan fingerprint density at radius 1 is 0.551 bits per heavy atom. The third kappa shape index (κ3) is 14.8. The number of hydrogen-bond acceptors (Lipinski definition) is 11. The Balaban J connectivity index is 0.000000193. The summed E-state index contributed by atoms with van der Waals surface area (Å²) >= 11 is 0. The molecule has 6 aromatic heterocycles. The lowest BCUT2D eigenvalue weighted by Crippen LogP contribution is -2.32. The van der Waals surface area contributed by atoms with Gasteiger partial charge in [0.1, 0.15) is 35.8 Å². The Bertz CT molecular complexity index is 3680. The van der Waals surface area contributed by atoms with Crippen LogP contribution in [0.4, 0.5) is 11.4 Å². The maximum atomic E-state index is 10.4. The summed E-state index contributed by atoms with van der Waals surface area (Å²) in [5.74, 6) is 1.31. The van der Waals surface area contributed by atoms with Gasteiger partial charge in [0.25, 0.3) is 0 Å². The van der Waals surface area contributed by atoms with Crippen molar-refractivity contribution in [3.05, 3.63) is 196 Å². The molecule has 3 aromatic carbocycles.